The number of aryl methyl sites for hydroxylation is 1. The van der Waals surface area contributed by atoms with Gasteiger partial charge in [-0.05, 0) is 24.6 Å². The molecule has 2 N–H and O–H groups in total. The fourth-order valence-corrected chi connectivity index (χ4v) is 3.06. The first-order valence-corrected chi connectivity index (χ1v) is 7.24. The van der Waals surface area contributed by atoms with E-state index in [1.807, 2.05) is 24.4 Å². The minimum atomic E-state index is -0.713. The van der Waals surface area contributed by atoms with Gasteiger partial charge in [0.25, 0.3) is 0 Å². The summed E-state index contributed by atoms with van der Waals surface area (Å²) in [6, 6.07) is 7.22. The van der Waals surface area contributed by atoms with Crippen molar-refractivity contribution in [2.24, 2.45) is 0 Å². The number of benzene rings is 1. The summed E-state index contributed by atoms with van der Waals surface area (Å²) in [7, 11) is 0. The van der Waals surface area contributed by atoms with Gasteiger partial charge >= 0.3 is 0 Å². The minimum Gasteiger partial charge on any atom is -0.395 e. The van der Waals surface area contributed by atoms with Crippen molar-refractivity contribution < 1.29 is 10.2 Å². The van der Waals surface area contributed by atoms with Crippen LogP contribution in [0.5, 0.6) is 0 Å². The molecule has 0 unspecified atom stereocenters. The summed E-state index contributed by atoms with van der Waals surface area (Å²) in [5, 5.41) is 23.0. The Hall–Kier alpha value is -0.940. The Kier molecular flexibility index (Phi) is 4.58. The van der Waals surface area contributed by atoms with Crippen molar-refractivity contribution in [3.63, 3.8) is 0 Å². The first-order chi connectivity index (χ1) is 9.09. The quantitative estimate of drug-likeness (QED) is 0.892. The number of nitrogens with zero attached hydrogens (tertiary/aromatic N) is 1. The van der Waals surface area contributed by atoms with Crippen LogP contribution < -0.4 is 0 Å². The van der Waals surface area contributed by atoms with Crippen LogP contribution in [0.4, 0.5) is 0 Å². The molecular weight excluding hydrogens is 282 g/mol. The number of aliphatic hydroxyl groups excluding tert-OH is 2. The van der Waals surface area contributed by atoms with Gasteiger partial charge in [0.05, 0.1) is 18.2 Å². The van der Waals surface area contributed by atoms with Gasteiger partial charge in [0.2, 0.25) is 0 Å². The SMILES string of the molecule is Cc1csc(CC(CO)(CO)c2ccc(Cl)cc2)n1. The fourth-order valence-electron chi connectivity index (χ4n) is 2.02. The molecule has 0 fully saturated rings. The van der Waals surface area contributed by atoms with Gasteiger partial charge in [-0.3, -0.25) is 0 Å². The molecule has 0 amide bonds. The number of aromatic nitrogens is 1. The van der Waals surface area contributed by atoms with Gasteiger partial charge in [0, 0.05) is 27.9 Å². The van der Waals surface area contributed by atoms with Crippen LogP contribution in [-0.2, 0) is 11.8 Å². The maximum absolute atomic E-state index is 9.75. The standard InChI is InChI=1S/C14H16ClNO2S/c1-10-7-19-13(16-10)6-14(8-17,9-18)11-2-4-12(15)5-3-11/h2-5,7,17-18H,6,8-9H2,1H3. The highest BCUT2D eigenvalue weighted by molar-refractivity contribution is 7.09. The molecule has 0 aliphatic carbocycles. The van der Waals surface area contributed by atoms with Crippen LogP contribution in [0.25, 0.3) is 0 Å². The van der Waals surface area contributed by atoms with E-state index < -0.39 is 5.41 Å². The average molecular weight is 298 g/mol. The van der Waals surface area contributed by atoms with Gasteiger partial charge in [-0.1, -0.05) is 23.7 Å². The van der Waals surface area contributed by atoms with Crippen LogP contribution in [0.15, 0.2) is 29.6 Å². The molecule has 5 heteroatoms. The average Bonchev–Trinajstić information content (AvgIpc) is 2.82. The summed E-state index contributed by atoms with van der Waals surface area (Å²) in [5.74, 6) is 0. The summed E-state index contributed by atoms with van der Waals surface area (Å²) in [5.41, 5.74) is 1.12. The lowest BCUT2D eigenvalue weighted by Gasteiger charge is -2.29. The number of rotatable bonds is 5. The Morgan fingerprint density at radius 3 is 2.32 bits per heavy atom. The Balaban J connectivity index is 2.33. The van der Waals surface area contributed by atoms with Crippen molar-refractivity contribution >= 4 is 22.9 Å². The largest absolute Gasteiger partial charge is 0.395 e. The van der Waals surface area contributed by atoms with Gasteiger partial charge < -0.3 is 10.2 Å². The highest BCUT2D eigenvalue weighted by atomic mass is 35.5. The van der Waals surface area contributed by atoms with E-state index in [4.69, 9.17) is 11.6 Å². The molecule has 1 aromatic carbocycles. The van der Waals surface area contributed by atoms with E-state index in [-0.39, 0.29) is 13.2 Å². The smallest absolute Gasteiger partial charge is 0.0938 e. The zero-order valence-corrected chi connectivity index (χ0v) is 12.2. The van der Waals surface area contributed by atoms with Crippen molar-refractivity contribution in [2.75, 3.05) is 13.2 Å². The lowest BCUT2D eigenvalue weighted by molar-refractivity contribution is 0.116. The molecule has 3 nitrogen and oxygen atoms in total. The maximum atomic E-state index is 9.75. The second-order valence-corrected chi connectivity index (χ2v) is 6.04. The van der Waals surface area contributed by atoms with Crippen molar-refractivity contribution in [2.45, 2.75) is 18.8 Å². The number of hydrogen-bond donors (Lipinski definition) is 2. The van der Waals surface area contributed by atoms with E-state index in [0.717, 1.165) is 16.3 Å². The maximum Gasteiger partial charge on any atom is 0.0938 e. The van der Waals surface area contributed by atoms with Crippen molar-refractivity contribution in [1.82, 2.24) is 4.98 Å². The van der Waals surface area contributed by atoms with E-state index in [9.17, 15) is 10.2 Å². The molecule has 2 aromatic rings. The van der Waals surface area contributed by atoms with E-state index in [2.05, 4.69) is 4.98 Å². The van der Waals surface area contributed by atoms with Crippen LogP contribution in [0.2, 0.25) is 5.02 Å². The van der Waals surface area contributed by atoms with Crippen LogP contribution >= 0.6 is 22.9 Å². The molecule has 1 heterocycles. The highest BCUT2D eigenvalue weighted by Crippen LogP contribution is 2.30. The molecule has 0 spiro atoms. The predicted octanol–water partition coefficient (Wildman–Crippen LogP) is 2.57. The van der Waals surface area contributed by atoms with Crippen molar-refractivity contribution in [3.8, 4) is 0 Å². The monoisotopic (exact) mass is 297 g/mol. The third-order valence-electron chi connectivity index (χ3n) is 3.22. The molecular formula is C14H16ClNO2S. The van der Waals surface area contributed by atoms with E-state index >= 15 is 0 Å². The van der Waals surface area contributed by atoms with Crippen molar-refractivity contribution in [1.29, 1.82) is 0 Å². The van der Waals surface area contributed by atoms with E-state index in [0.29, 0.717) is 11.4 Å². The molecule has 0 bridgehead atoms. The zero-order valence-electron chi connectivity index (χ0n) is 10.6. The highest BCUT2D eigenvalue weighted by Gasteiger charge is 2.32. The van der Waals surface area contributed by atoms with Gasteiger partial charge in [-0.15, -0.1) is 11.3 Å². The summed E-state index contributed by atoms with van der Waals surface area (Å²) in [6.07, 6.45) is 0.514. The number of thiazole rings is 1. The Morgan fingerprint density at radius 1 is 1.21 bits per heavy atom. The molecule has 0 saturated carbocycles. The Morgan fingerprint density at radius 2 is 1.84 bits per heavy atom. The third-order valence-corrected chi connectivity index (χ3v) is 4.44. The molecule has 0 atom stereocenters. The number of aliphatic hydroxyl groups is 2. The Labute approximate surface area is 121 Å². The summed E-state index contributed by atoms with van der Waals surface area (Å²) in [4.78, 5) is 4.40. The number of hydrogen-bond acceptors (Lipinski definition) is 4. The topological polar surface area (TPSA) is 53.4 Å². The lowest BCUT2D eigenvalue weighted by Crippen LogP contribution is -2.37. The second-order valence-electron chi connectivity index (χ2n) is 4.66. The molecule has 0 aliphatic heterocycles. The zero-order chi connectivity index (χ0) is 13.9. The molecule has 0 radical (unpaired) electrons. The van der Waals surface area contributed by atoms with Crippen LogP contribution in [0.3, 0.4) is 0 Å². The molecule has 2 rings (SSSR count). The minimum absolute atomic E-state index is 0.135. The fraction of sp³-hybridized carbons (Fsp3) is 0.357. The van der Waals surface area contributed by atoms with Gasteiger partial charge in [-0.2, -0.15) is 0 Å². The van der Waals surface area contributed by atoms with Gasteiger partial charge in [-0.25, -0.2) is 4.98 Å². The number of halogens is 1. The lowest BCUT2D eigenvalue weighted by atomic mass is 9.79. The molecule has 0 aliphatic rings. The first-order valence-electron chi connectivity index (χ1n) is 5.98. The summed E-state index contributed by atoms with van der Waals surface area (Å²) < 4.78 is 0. The third kappa shape index (κ3) is 3.15. The molecule has 102 valence electrons. The summed E-state index contributed by atoms with van der Waals surface area (Å²) >= 11 is 7.42. The molecule has 1 aromatic heterocycles. The van der Waals surface area contributed by atoms with Gasteiger partial charge in [0.1, 0.15) is 0 Å². The first kappa shape index (κ1) is 14.5. The summed E-state index contributed by atoms with van der Waals surface area (Å²) in [6.45, 7) is 1.66. The normalized spacial score (nSPS) is 11.8. The van der Waals surface area contributed by atoms with Gasteiger partial charge in [0.15, 0.2) is 0 Å². The Bertz CT molecular complexity index is 535. The predicted molar refractivity (Wildman–Crippen MR) is 77.9 cm³/mol. The van der Waals surface area contributed by atoms with E-state index in [1.54, 1.807) is 23.5 Å². The van der Waals surface area contributed by atoms with Crippen molar-refractivity contribution in [3.05, 3.63) is 50.9 Å². The molecule has 19 heavy (non-hydrogen) atoms. The van der Waals surface area contributed by atoms with Crippen LogP contribution in [-0.4, -0.2) is 28.4 Å². The molecule has 0 saturated heterocycles. The van der Waals surface area contributed by atoms with E-state index in [1.165, 1.54) is 0 Å². The van der Waals surface area contributed by atoms with Crippen LogP contribution in [0.1, 0.15) is 16.3 Å². The second kappa shape index (κ2) is 6.01. The van der Waals surface area contributed by atoms with Crippen LogP contribution in [0, 0.1) is 6.92 Å².